The molecule has 10 heteroatoms. The topological polar surface area (TPSA) is 110 Å². The van der Waals surface area contributed by atoms with E-state index in [0.717, 1.165) is 30.3 Å². The number of benzene rings is 2. The quantitative estimate of drug-likeness (QED) is 0.419. The summed E-state index contributed by atoms with van der Waals surface area (Å²) in [6, 6.07) is 14.1. The van der Waals surface area contributed by atoms with Crippen molar-refractivity contribution in [2.75, 3.05) is 25.0 Å². The van der Waals surface area contributed by atoms with Crippen LogP contribution in [0.5, 0.6) is 0 Å². The maximum Gasteiger partial charge on any atom is 0.229 e. The van der Waals surface area contributed by atoms with Crippen LogP contribution in [0.3, 0.4) is 0 Å². The Labute approximate surface area is 191 Å². The third-order valence-corrected chi connectivity index (χ3v) is 7.54. The highest BCUT2D eigenvalue weighted by Gasteiger charge is 2.27. The summed E-state index contributed by atoms with van der Waals surface area (Å²) in [5.74, 6) is 0.768. The fourth-order valence-corrected chi connectivity index (χ4v) is 5.33. The lowest BCUT2D eigenvalue weighted by Crippen LogP contribution is -2.27. The summed E-state index contributed by atoms with van der Waals surface area (Å²) >= 11 is 0. The number of hydrogen-bond acceptors (Lipinski definition) is 7. The molecule has 0 spiro atoms. The van der Waals surface area contributed by atoms with Gasteiger partial charge >= 0.3 is 0 Å². The molecule has 0 bridgehead atoms. The van der Waals surface area contributed by atoms with Crippen molar-refractivity contribution in [2.45, 2.75) is 36.1 Å². The van der Waals surface area contributed by atoms with Gasteiger partial charge in [0, 0.05) is 31.4 Å². The van der Waals surface area contributed by atoms with Crippen molar-refractivity contribution in [1.82, 2.24) is 24.7 Å². The van der Waals surface area contributed by atoms with Gasteiger partial charge in [0.25, 0.3) is 0 Å². The predicted octanol–water partition coefficient (Wildman–Crippen LogP) is 2.84. The molecule has 5 rings (SSSR count). The molecule has 1 fully saturated rings. The summed E-state index contributed by atoms with van der Waals surface area (Å²) in [6.07, 6.45) is 2.31. The fraction of sp³-hybridized carbons (Fsp3) is 0.304. The van der Waals surface area contributed by atoms with Crippen molar-refractivity contribution in [2.24, 2.45) is 0 Å². The molecule has 0 radical (unpaired) electrons. The number of sulfone groups is 1. The maximum atomic E-state index is 13.3. The van der Waals surface area contributed by atoms with Crippen LogP contribution in [0.2, 0.25) is 0 Å². The lowest BCUT2D eigenvalue weighted by atomic mass is 10.2. The molecule has 33 heavy (non-hydrogen) atoms. The molecule has 0 atom stereocenters. The number of aromatic nitrogens is 4. The second kappa shape index (κ2) is 8.43. The Balaban J connectivity index is 1.50. The molecule has 0 saturated carbocycles. The molecule has 2 aromatic heterocycles. The molecule has 1 amide bonds. The van der Waals surface area contributed by atoms with Crippen LogP contribution in [0, 0.1) is 6.92 Å². The molecule has 3 heterocycles. The average Bonchev–Trinajstić information content (AvgIpc) is 3.43. The van der Waals surface area contributed by atoms with E-state index >= 15 is 0 Å². The number of carbonyl (C=O) groups is 1. The Kier molecular flexibility index (Phi) is 5.45. The number of amides is 1. The van der Waals surface area contributed by atoms with Gasteiger partial charge in [-0.25, -0.2) is 13.4 Å². The second-order valence-electron chi connectivity index (χ2n) is 8.19. The Bertz CT molecular complexity index is 1450. The number of para-hydroxylation sites is 1. The molecular formula is C23H24N6O3S. The zero-order valence-corrected chi connectivity index (χ0v) is 19.0. The van der Waals surface area contributed by atoms with Crippen LogP contribution in [-0.4, -0.2) is 58.7 Å². The van der Waals surface area contributed by atoms with Crippen LogP contribution in [0.1, 0.15) is 24.8 Å². The molecular weight excluding hydrogens is 440 g/mol. The van der Waals surface area contributed by atoms with Gasteiger partial charge in [-0.05, 0) is 44.0 Å². The van der Waals surface area contributed by atoms with E-state index in [0.29, 0.717) is 30.8 Å². The van der Waals surface area contributed by atoms with E-state index in [1.807, 2.05) is 36.1 Å². The normalized spacial score (nSPS) is 14.5. The van der Waals surface area contributed by atoms with Gasteiger partial charge in [-0.1, -0.05) is 35.0 Å². The van der Waals surface area contributed by atoms with Crippen molar-refractivity contribution >= 4 is 38.1 Å². The van der Waals surface area contributed by atoms with Crippen LogP contribution < -0.4 is 5.32 Å². The van der Waals surface area contributed by atoms with Gasteiger partial charge in [0.15, 0.2) is 5.65 Å². The number of likely N-dealkylation sites (tertiary alicyclic amines) is 1. The van der Waals surface area contributed by atoms with E-state index in [4.69, 9.17) is 0 Å². The van der Waals surface area contributed by atoms with Crippen molar-refractivity contribution < 1.29 is 13.2 Å². The Morgan fingerprint density at radius 3 is 2.64 bits per heavy atom. The number of aryl methyl sites for hydroxylation is 1. The van der Waals surface area contributed by atoms with Gasteiger partial charge in [0.2, 0.25) is 20.8 Å². The van der Waals surface area contributed by atoms with E-state index in [1.54, 1.807) is 24.3 Å². The van der Waals surface area contributed by atoms with Crippen molar-refractivity contribution in [1.29, 1.82) is 0 Å². The van der Waals surface area contributed by atoms with Crippen molar-refractivity contribution in [3.05, 3.63) is 54.1 Å². The van der Waals surface area contributed by atoms with Gasteiger partial charge < -0.3 is 10.2 Å². The van der Waals surface area contributed by atoms with Crippen molar-refractivity contribution in [3.63, 3.8) is 0 Å². The highest BCUT2D eigenvalue weighted by molar-refractivity contribution is 7.91. The minimum Gasteiger partial charge on any atom is -0.369 e. The zero-order chi connectivity index (χ0) is 23.0. The summed E-state index contributed by atoms with van der Waals surface area (Å²) in [6.45, 7) is 3.99. The summed E-state index contributed by atoms with van der Waals surface area (Å²) in [5.41, 5.74) is 1.84. The van der Waals surface area contributed by atoms with Crippen LogP contribution in [-0.2, 0) is 14.6 Å². The molecule has 9 nitrogen and oxygen atoms in total. The molecule has 2 aromatic carbocycles. The smallest absolute Gasteiger partial charge is 0.229 e. The number of nitrogens with zero attached hydrogens (tertiary/aromatic N) is 5. The highest BCUT2D eigenvalue weighted by Crippen LogP contribution is 2.28. The van der Waals surface area contributed by atoms with E-state index in [2.05, 4.69) is 20.6 Å². The largest absolute Gasteiger partial charge is 0.369 e. The van der Waals surface area contributed by atoms with E-state index in [1.165, 1.54) is 4.52 Å². The number of nitrogens with one attached hydrogen (secondary N) is 1. The third-order valence-electron chi connectivity index (χ3n) is 5.88. The molecule has 1 N–H and O–H groups in total. The number of carbonyl (C=O) groups excluding carboxylic acids is 1. The van der Waals surface area contributed by atoms with Gasteiger partial charge in [-0.2, -0.15) is 4.52 Å². The third kappa shape index (κ3) is 3.91. The number of fused-ring (bicyclic) bond motifs is 3. The van der Waals surface area contributed by atoms with Crippen LogP contribution in [0.25, 0.3) is 16.6 Å². The fourth-order valence-electron chi connectivity index (χ4n) is 4.10. The first-order valence-electron chi connectivity index (χ1n) is 10.9. The molecule has 1 saturated heterocycles. The standard InChI is InChI=1S/C23H24N6O3S/c1-16-9-11-17(12-10-16)33(31,32)23-22-25-21(24-13-5-15-28-14-4-8-20(28)30)18-6-2-3-7-19(18)29(22)27-26-23/h2-3,6-7,9-12H,4-5,8,13-15H2,1H3,(H,24,25). The van der Waals surface area contributed by atoms with Gasteiger partial charge in [-0.3, -0.25) is 4.79 Å². The average molecular weight is 465 g/mol. The minimum absolute atomic E-state index is 0.148. The number of rotatable bonds is 7. The predicted molar refractivity (Wildman–Crippen MR) is 124 cm³/mol. The Hall–Kier alpha value is -3.53. The molecule has 1 aliphatic rings. The maximum absolute atomic E-state index is 13.3. The summed E-state index contributed by atoms with van der Waals surface area (Å²) in [5, 5.41) is 12.1. The van der Waals surface area contributed by atoms with Crippen LogP contribution in [0.15, 0.2) is 58.5 Å². The molecule has 4 aromatic rings. The number of anilines is 1. The lowest BCUT2D eigenvalue weighted by Gasteiger charge is -2.16. The van der Waals surface area contributed by atoms with Crippen LogP contribution >= 0.6 is 0 Å². The molecule has 1 aliphatic heterocycles. The van der Waals surface area contributed by atoms with E-state index < -0.39 is 9.84 Å². The van der Waals surface area contributed by atoms with Crippen molar-refractivity contribution in [3.8, 4) is 0 Å². The van der Waals surface area contributed by atoms with E-state index in [9.17, 15) is 13.2 Å². The van der Waals surface area contributed by atoms with Gasteiger partial charge in [-0.15, -0.1) is 5.10 Å². The van der Waals surface area contributed by atoms with Crippen LogP contribution in [0.4, 0.5) is 5.82 Å². The summed E-state index contributed by atoms with van der Waals surface area (Å²) in [4.78, 5) is 18.5. The first kappa shape index (κ1) is 21.3. The van der Waals surface area contributed by atoms with Gasteiger partial charge in [0.05, 0.1) is 10.4 Å². The Morgan fingerprint density at radius 2 is 1.88 bits per heavy atom. The first-order valence-corrected chi connectivity index (χ1v) is 12.4. The highest BCUT2D eigenvalue weighted by atomic mass is 32.2. The lowest BCUT2D eigenvalue weighted by molar-refractivity contribution is -0.127. The Morgan fingerprint density at radius 1 is 1.09 bits per heavy atom. The zero-order valence-electron chi connectivity index (χ0n) is 18.2. The molecule has 170 valence electrons. The second-order valence-corrected chi connectivity index (χ2v) is 10.1. The minimum atomic E-state index is -3.90. The summed E-state index contributed by atoms with van der Waals surface area (Å²) in [7, 11) is -3.90. The SMILES string of the molecule is Cc1ccc(S(=O)(=O)c2nnn3c2nc(NCCCN2CCCC2=O)c2ccccc23)cc1. The van der Waals surface area contributed by atoms with Gasteiger partial charge in [0.1, 0.15) is 5.82 Å². The summed E-state index contributed by atoms with van der Waals surface area (Å²) < 4.78 is 28.0. The molecule has 0 aliphatic carbocycles. The van der Waals surface area contributed by atoms with E-state index in [-0.39, 0.29) is 21.5 Å². The molecule has 0 unspecified atom stereocenters. The number of hydrogen-bond donors (Lipinski definition) is 1. The monoisotopic (exact) mass is 464 g/mol. The first-order chi connectivity index (χ1) is 15.9.